The molecule has 0 amide bonds. The second-order valence-corrected chi connectivity index (χ2v) is 6.74. The highest BCUT2D eigenvalue weighted by Gasteiger charge is 2.32. The summed E-state index contributed by atoms with van der Waals surface area (Å²) in [7, 11) is 0. The quantitative estimate of drug-likeness (QED) is 0.895. The third kappa shape index (κ3) is 2.48. The van der Waals surface area contributed by atoms with E-state index < -0.39 is 0 Å². The molecule has 2 aromatic rings. The van der Waals surface area contributed by atoms with Gasteiger partial charge in [-0.1, -0.05) is 18.2 Å². The van der Waals surface area contributed by atoms with E-state index in [2.05, 4.69) is 51.3 Å². The monoisotopic (exact) mass is 284 g/mol. The van der Waals surface area contributed by atoms with Gasteiger partial charge in [0, 0.05) is 37.3 Å². The lowest BCUT2D eigenvalue weighted by molar-refractivity contribution is 0.242. The molecular weight excluding hydrogens is 264 g/mol. The third-order valence-corrected chi connectivity index (χ3v) is 5.16. The van der Waals surface area contributed by atoms with E-state index in [1.165, 1.54) is 36.2 Å². The molecule has 1 aromatic carbocycles. The van der Waals surface area contributed by atoms with Crippen LogP contribution in [0.5, 0.6) is 0 Å². The number of fused-ring (bicyclic) bond motifs is 1. The Kier molecular flexibility index (Phi) is 3.25. The molecule has 1 aromatic heterocycles. The zero-order valence-electron chi connectivity index (χ0n) is 11.6. The fourth-order valence-electron chi connectivity index (χ4n) is 3.20. The highest BCUT2D eigenvalue weighted by molar-refractivity contribution is 7.07. The summed E-state index contributed by atoms with van der Waals surface area (Å²) >= 11 is 1.81. The molecule has 1 saturated carbocycles. The molecule has 0 radical (unpaired) electrons. The van der Waals surface area contributed by atoms with Crippen molar-refractivity contribution in [2.75, 3.05) is 18.4 Å². The van der Waals surface area contributed by atoms with Gasteiger partial charge in [0.2, 0.25) is 0 Å². The first-order chi connectivity index (χ1) is 9.90. The lowest BCUT2D eigenvalue weighted by Crippen LogP contribution is -2.30. The van der Waals surface area contributed by atoms with Crippen LogP contribution in [0, 0.1) is 0 Å². The van der Waals surface area contributed by atoms with Gasteiger partial charge in [-0.2, -0.15) is 11.3 Å². The maximum absolute atomic E-state index is 3.55. The van der Waals surface area contributed by atoms with Crippen molar-refractivity contribution in [3.8, 4) is 0 Å². The second kappa shape index (κ2) is 5.23. The Morgan fingerprint density at radius 3 is 2.90 bits per heavy atom. The van der Waals surface area contributed by atoms with Gasteiger partial charge in [-0.15, -0.1) is 0 Å². The Bertz CT molecular complexity index is 574. The summed E-state index contributed by atoms with van der Waals surface area (Å²) in [6, 6.07) is 11.9. The highest BCUT2D eigenvalue weighted by atomic mass is 32.1. The Labute approximate surface area is 124 Å². The summed E-state index contributed by atoms with van der Waals surface area (Å²) in [5, 5.41) is 8.02. The third-order valence-electron chi connectivity index (χ3n) is 4.42. The molecule has 1 unspecified atom stereocenters. The highest BCUT2D eigenvalue weighted by Crippen LogP contribution is 2.35. The number of hydrogen-bond acceptors (Lipinski definition) is 3. The van der Waals surface area contributed by atoms with E-state index in [1.54, 1.807) is 11.3 Å². The van der Waals surface area contributed by atoms with Gasteiger partial charge in [-0.25, -0.2) is 0 Å². The Hall–Kier alpha value is -1.32. The molecule has 2 nitrogen and oxygen atoms in total. The van der Waals surface area contributed by atoms with E-state index in [0.717, 1.165) is 19.1 Å². The molecule has 2 heterocycles. The van der Waals surface area contributed by atoms with Crippen LogP contribution in [-0.4, -0.2) is 24.0 Å². The maximum atomic E-state index is 3.55. The summed E-state index contributed by atoms with van der Waals surface area (Å²) in [6.45, 7) is 3.39. The van der Waals surface area contributed by atoms with Crippen LogP contribution >= 0.6 is 11.3 Å². The number of benzene rings is 1. The summed E-state index contributed by atoms with van der Waals surface area (Å²) < 4.78 is 0. The van der Waals surface area contributed by atoms with Crippen molar-refractivity contribution in [1.82, 2.24) is 4.90 Å². The van der Waals surface area contributed by atoms with Gasteiger partial charge < -0.3 is 5.32 Å². The van der Waals surface area contributed by atoms with Crippen LogP contribution in [0.2, 0.25) is 0 Å². The summed E-state index contributed by atoms with van der Waals surface area (Å²) in [4.78, 5) is 2.69. The number of nitrogens with zero attached hydrogens (tertiary/aromatic N) is 1. The first-order valence-corrected chi connectivity index (χ1v) is 8.42. The van der Waals surface area contributed by atoms with Gasteiger partial charge in [0.1, 0.15) is 0 Å². The first kappa shape index (κ1) is 12.4. The number of thiophene rings is 1. The van der Waals surface area contributed by atoms with Crippen molar-refractivity contribution in [1.29, 1.82) is 0 Å². The van der Waals surface area contributed by atoms with E-state index >= 15 is 0 Å². The summed E-state index contributed by atoms with van der Waals surface area (Å²) in [6.07, 6.45) is 2.76. The average Bonchev–Trinajstić information content (AvgIpc) is 3.05. The molecule has 1 atom stereocenters. The molecule has 2 aliphatic rings. The molecule has 0 saturated heterocycles. The molecule has 20 heavy (non-hydrogen) atoms. The van der Waals surface area contributed by atoms with Crippen molar-refractivity contribution < 1.29 is 0 Å². The van der Waals surface area contributed by atoms with Gasteiger partial charge in [0.05, 0.1) is 0 Å². The number of anilines is 1. The molecule has 1 N–H and O–H groups in total. The van der Waals surface area contributed by atoms with Gasteiger partial charge in [0.25, 0.3) is 0 Å². The van der Waals surface area contributed by atoms with E-state index in [9.17, 15) is 0 Å². The zero-order valence-corrected chi connectivity index (χ0v) is 12.4. The average molecular weight is 284 g/mol. The minimum absolute atomic E-state index is 0.644. The SMILES string of the molecule is c1ccc2c(c1)NCC2CN(Cc1ccsc1)C1CC1. The molecular formula is C17H20N2S. The van der Waals surface area contributed by atoms with Crippen molar-refractivity contribution >= 4 is 17.0 Å². The summed E-state index contributed by atoms with van der Waals surface area (Å²) in [5.41, 5.74) is 4.31. The van der Waals surface area contributed by atoms with Crippen LogP contribution in [0.3, 0.4) is 0 Å². The van der Waals surface area contributed by atoms with Crippen LogP contribution in [-0.2, 0) is 6.54 Å². The molecule has 4 rings (SSSR count). The molecule has 3 heteroatoms. The molecule has 104 valence electrons. The Morgan fingerprint density at radius 2 is 2.10 bits per heavy atom. The zero-order chi connectivity index (χ0) is 13.4. The van der Waals surface area contributed by atoms with Crippen molar-refractivity contribution in [3.05, 3.63) is 52.2 Å². The predicted octanol–water partition coefficient (Wildman–Crippen LogP) is 3.92. The first-order valence-electron chi connectivity index (χ1n) is 7.48. The smallest absolute Gasteiger partial charge is 0.0376 e. The lowest BCUT2D eigenvalue weighted by atomic mass is 10.0. The van der Waals surface area contributed by atoms with Gasteiger partial charge in [0.15, 0.2) is 0 Å². The lowest BCUT2D eigenvalue weighted by Gasteiger charge is -2.25. The fraction of sp³-hybridized carbons (Fsp3) is 0.412. The van der Waals surface area contributed by atoms with E-state index in [1.807, 2.05) is 0 Å². The Balaban J connectivity index is 1.49. The molecule has 0 bridgehead atoms. The summed E-state index contributed by atoms with van der Waals surface area (Å²) in [5.74, 6) is 0.644. The normalized spacial score (nSPS) is 20.9. The minimum atomic E-state index is 0.644. The van der Waals surface area contributed by atoms with Crippen molar-refractivity contribution in [2.24, 2.45) is 0 Å². The fourth-order valence-corrected chi connectivity index (χ4v) is 3.86. The Morgan fingerprint density at radius 1 is 1.20 bits per heavy atom. The van der Waals surface area contributed by atoms with Crippen molar-refractivity contribution in [2.45, 2.75) is 31.3 Å². The second-order valence-electron chi connectivity index (χ2n) is 5.96. The largest absolute Gasteiger partial charge is 0.384 e. The molecule has 1 aliphatic carbocycles. The number of nitrogens with one attached hydrogen (secondary N) is 1. The van der Waals surface area contributed by atoms with Crippen LogP contribution < -0.4 is 5.32 Å². The van der Waals surface area contributed by atoms with E-state index in [-0.39, 0.29) is 0 Å². The van der Waals surface area contributed by atoms with Crippen LogP contribution in [0.15, 0.2) is 41.1 Å². The topological polar surface area (TPSA) is 15.3 Å². The van der Waals surface area contributed by atoms with Gasteiger partial charge in [-0.3, -0.25) is 4.90 Å². The van der Waals surface area contributed by atoms with E-state index in [0.29, 0.717) is 5.92 Å². The van der Waals surface area contributed by atoms with Crippen molar-refractivity contribution in [3.63, 3.8) is 0 Å². The van der Waals surface area contributed by atoms with E-state index in [4.69, 9.17) is 0 Å². The predicted molar refractivity (Wildman–Crippen MR) is 85.4 cm³/mol. The van der Waals surface area contributed by atoms with Crippen LogP contribution in [0.4, 0.5) is 5.69 Å². The van der Waals surface area contributed by atoms with Crippen LogP contribution in [0.25, 0.3) is 0 Å². The number of para-hydroxylation sites is 1. The molecule has 1 fully saturated rings. The van der Waals surface area contributed by atoms with Gasteiger partial charge in [-0.05, 0) is 46.9 Å². The number of rotatable bonds is 5. The van der Waals surface area contributed by atoms with Crippen LogP contribution in [0.1, 0.15) is 29.9 Å². The van der Waals surface area contributed by atoms with Gasteiger partial charge >= 0.3 is 0 Å². The minimum Gasteiger partial charge on any atom is -0.384 e. The molecule has 1 aliphatic heterocycles. The maximum Gasteiger partial charge on any atom is 0.0376 e. The molecule has 0 spiro atoms. The standard InChI is InChI=1S/C17H20N2S/c1-2-4-17-16(3-1)14(9-18-17)11-19(15-5-6-15)10-13-7-8-20-12-13/h1-4,7-8,12,14-15,18H,5-6,9-11H2. The number of hydrogen-bond donors (Lipinski definition) is 1.